The van der Waals surface area contributed by atoms with Crippen LogP contribution >= 0.6 is 11.3 Å². The number of thiophene rings is 1. The molecule has 4 heteroatoms. The maximum absolute atomic E-state index is 6.09. The third-order valence-corrected chi connectivity index (χ3v) is 7.38. The standard InChI is InChI=1S/C29H22N2OS/c1-17-15-18(2)26(19(3)16-17)29-31-30-28(32-29)21-13-11-20(12-14-21)22-8-6-9-24-23-7-4-5-10-25(23)33-27(22)24/h4-16H,1-3H3. The lowest BCUT2D eigenvalue weighted by molar-refractivity contribution is 0.583. The summed E-state index contributed by atoms with van der Waals surface area (Å²) in [6, 6.07) is 27.8. The second-order valence-electron chi connectivity index (χ2n) is 8.54. The van der Waals surface area contributed by atoms with Crippen LogP contribution in [0.15, 0.2) is 83.3 Å². The lowest BCUT2D eigenvalue weighted by atomic mass is 10.00. The summed E-state index contributed by atoms with van der Waals surface area (Å²) in [5, 5.41) is 11.3. The highest BCUT2D eigenvalue weighted by Crippen LogP contribution is 2.40. The second-order valence-corrected chi connectivity index (χ2v) is 9.60. The molecule has 33 heavy (non-hydrogen) atoms. The zero-order valence-corrected chi connectivity index (χ0v) is 19.5. The molecule has 6 rings (SSSR count). The SMILES string of the molecule is Cc1cc(C)c(-c2nnc(-c3ccc(-c4cccc5c4sc4ccccc45)cc3)o2)c(C)c1. The predicted octanol–water partition coefficient (Wildman–Crippen LogP) is 8.36. The van der Waals surface area contributed by atoms with E-state index in [2.05, 4.69) is 110 Å². The molecular formula is C29H22N2OS. The summed E-state index contributed by atoms with van der Waals surface area (Å²) in [5.41, 5.74) is 7.90. The van der Waals surface area contributed by atoms with Gasteiger partial charge in [0, 0.05) is 31.3 Å². The van der Waals surface area contributed by atoms with Crippen molar-refractivity contribution in [3.63, 3.8) is 0 Å². The van der Waals surface area contributed by atoms with Crippen molar-refractivity contribution in [1.82, 2.24) is 10.2 Å². The number of hydrogen-bond donors (Lipinski definition) is 0. The lowest BCUT2D eigenvalue weighted by Crippen LogP contribution is -1.90. The second kappa shape index (κ2) is 7.68. The van der Waals surface area contributed by atoms with Gasteiger partial charge in [-0.3, -0.25) is 0 Å². The van der Waals surface area contributed by atoms with Crippen molar-refractivity contribution in [3.05, 3.63) is 95.6 Å². The molecule has 2 heterocycles. The third-order valence-electron chi connectivity index (χ3n) is 6.16. The predicted molar refractivity (Wildman–Crippen MR) is 138 cm³/mol. The Balaban J connectivity index is 1.38. The molecule has 0 aliphatic heterocycles. The van der Waals surface area contributed by atoms with Crippen molar-refractivity contribution in [2.45, 2.75) is 20.8 Å². The summed E-state index contributed by atoms with van der Waals surface area (Å²) in [6.07, 6.45) is 0. The van der Waals surface area contributed by atoms with Crippen LogP contribution in [0, 0.1) is 20.8 Å². The van der Waals surface area contributed by atoms with Gasteiger partial charge in [0.05, 0.1) is 0 Å². The van der Waals surface area contributed by atoms with Crippen LogP contribution in [-0.2, 0) is 0 Å². The number of benzene rings is 4. The quantitative estimate of drug-likeness (QED) is 0.274. The van der Waals surface area contributed by atoms with E-state index < -0.39 is 0 Å². The number of nitrogens with zero attached hydrogens (tertiary/aromatic N) is 2. The Hall–Kier alpha value is -3.76. The van der Waals surface area contributed by atoms with E-state index in [-0.39, 0.29) is 0 Å². The Bertz CT molecular complexity index is 1620. The van der Waals surface area contributed by atoms with Gasteiger partial charge in [0.15, 0.2) is 0 Å². The molecule has 0 saturated heterocycles. The fourth-order valence-electron chi connectivity index (χ4n) is 4.73. The van der Waals surface area contributed by atoms with Gasteiger partial charge in [0.25, 0.3) is 0 Å². The molecule has 6 aromatic rings. The molecule has 3 nitrogen and oxygen atoms in total. The molecule has 0 amide bonds. The monoisotopic (exact) mass is 446 g/mol. The van der Waals surface area contributed by atoms with Crippen molar-refractivity contribution in [1.29, 1.82) is 0 Å². The van der Waals surface area contributed by atoms with Crippen LogP contribution in [0.1, 0.15) is 16.7 Å². The first kappa shape index (κ1) is 19.9. The van der Waals surface area contributed by atoms with E-state index >= 15 is 0 Å². The molecular weight excluding hydrogens is 424 g/mol. The first-order chi connectivity index (χ1) is 16.1. The van der Waals surface area contributed by atoms with E-state index in [0.717, 1.165) is 22.3 Å². The van der Waals surface area contributed by atoms with Crippen molar-refractivity contribution in [2.24, 2.45) is 0 Å². The van der Waals surface area contributed by atoms with Crippen LogP contribution in [0.25, 0.3) is 54.2 Å². The molecule has 160 valence electrons. The minimum absolute atomic E-state index is 0.538. The van der Waals surface area contributed by atoms with E-state index in [0.29, 0.717) is 11.8 Å². The van der Waals surface area contributed by atoms with Gasteiger partial charge in [-0.25, -0.2) is 0 Å². The van der Waals surface area contributed by atoms with Crippen molar-refractivity contribution in [3.8, 4) is 34.0 Å². The lowest BCUT2D eigenvalue weighted by Gasteiger charge is -2.07. The summed E-state index contributed by atoms with van der Waals surface area (Å²) in [6.45, 7) is 6.27. The highest BCUT2D eigenvalue weighted by molar-refractivity contribution is 7.26. The average molecular weight is 447 g/mol. The summed E-state index contributed by atoms with van der Waals surface area (Å²) < 4.78 is 8.73. The van der Waals surface area contributed by atoms with Gasteiger partial charge < -0.3 is 4.42 Å². The van der Waals surface area contributed by atoms with E-state index in [1.54, 1.807) is 0 Å². The fraction of sp³-hybridized carbons (Fsp3) is 0.103. The molecule has 0 aliphatic carbocycles. The molecule has 4 aromatic carbocycles. The number of rotatable bonds is 3. The Kier molecular flexibility index (Phi) is 4.63. The molecule has 0 fully saturated rings. The maximum atomic E-state index is 6.09. The third kappa shape index (κ3) is 3.35. The zero-order chi connectivity index (χ0) is 22.5. The van der Waals surface area contributed by atoms with Crippen molar-refractivity contribution in [2.75, 3.05) is 0 Å². The normalized spacial score (nSPS) is 11.5. The first-order valence-corrected chi connectivity index (χ1v) is 11.8. The number of aromatic nitrogens is 2. The minimum atomic E-state index is 0.538. The summed E-state index contributed by atoms with van der Waals surface area (Å²) >= 11 is 1.85. The molecule has 2 aromatic heterocycles. The van der Waals surface area contributed by atoms with Crippen LogP contribution < -0.4 is 0 Å². The van der Waals surface area contributed by atoms with Crippen LogP contribution in [-0.4, -0.2) is 10.2 Å². The number of fused-ring (bicyclic) bond motifs is 3. The highest BCUT2D eigenvalue weighted by atomic mass is 32.1. The van der Waals surface area contributed by atoms with Gasteiger partial charge in [-0.15, -0.1) is 21.5 Å². The van der Waals surface area contributed by atoms with Crippen molar-refractivity contribution < 1.29 is 4.42 Å². The molecule has 0 unspecified atom stereocenters. The topological polar surface area (TPSA) is 38.9 Å². The van der Waals surface area contributed by atoms with Crippen LogP contribution in [0.4, 0.5) is 0 Å². The van der Waals surface area contributed by atoms with Crippen LogP contribution in [0.2, 0.25) is 0 Å². The molecule has 0 N–H and O–H groups in total. The van der Waals surface area contributed by atoms with Gasteiger partial charge in [-0.2, -0.15) is 0 Å². The van der Waals surface area contributed by atoms with E-state index in [9.17, 15) is 0 Å². The van der Waals surface area contributed by atoms with Gasteiger partial charge in [-0.05, 0) is 61.2 Å². The largest absolute Gasteiger partial charge is 0.416 e. The summed E-state index contributed by atoms with van der Waals surface area (Å²) in [4.78, 5) is 0. The van der Waals surface area contributed by atoms with Gasteiger partial charge >= 0.3 is 0 Å². The number of aryl methyl sites for hydroxylation is 3. The maximum Gasteiger partial charge on any atom is 0.248 e. The Morgan fingerprint density at radius 2 is 1.33 bits per heavy atom. The molecule has 0 radical (unpaired) electrons. The van der Waals surface area contributed by atoms with Gasteiger partial charge in [-0.1, -0.05) is 66.2 Å². The smallest absolute Gasteiger partial charge is 0.248 e. The van der Waals surface area contributed by atoms with Gasteiger partial charge in [0.1, 0.15) is 0 Å². The van der Waals surface area contributed by atoms with Gasteiger partial charge in [0.2, 0.25) is 11.8 Å². The molecule has 0 saturated carbocycles. The molecule has 0 bridgehead atoms. The summed E-state index contributed by atoms with van der Waals surface area (Å²) in [5.74, 6) is 1.11. The van der Waals surface area contributed by atoms with E-state index in [4.69, 9.17) is 4.42 Å². The van der Waals surface area contributed by atoms with Crippen LogP contribution in [0.3, 0.4) is 0 Å². The fourth-order valence-corrected chi connectivity index (χ4v) is 5.96. The molecule has 0 aliphatic rings. The zero-order valence-electron chi connectivity index (χ0n) is 18.7. The van der Waals surface area contributed by atoms with E-state index in [1.165, 1.54) is 36.9 Å². The molecule has 0 spiro atoms. The Morgan fingerprint density at radius 1 is 0.667 bits per heavy atom. The highest BCUT2D eigenvalue weighted by Gasteiger charge is 2.16. The number of hydrogen-bond acceptors (Lipinski definition) is 4. The first-order valence-electron chi connectivity index (χ1n) is 11.0. The average Bonchev–Trinajstić information content (AvgIpc) is 3.44. The summed E-state index contributed by atoms with van der Waals surface area (Å²) in [7, 11) is 0. The minimum Gasteiger partial charge on any atom is -0.416 e. The Labute approximate surface area is 196 Å². The molecule has 0 atom stereocenters. The Morgan fingerprint density at radius 3 is 2.12 bits per heavy atom. The van der Waals surface area contributed by atoms with Crippen LogP contribution in [0.5, 0.6) is 0 Å². The van der Waals surface area contributed by atoms with E-state index in [1.807, 2.05) is 11.3 Å². The van der Waals surface area contributed by atoms with Crippen molar-refractivity contribution >= 4 is 31.5 Å².